The molecule has 3 aromatic rings. The number of benzene rings is 1. The number of alkyl halides is 3. The normalized spacial score (nSPS) is 11.1. The third-order valence-electron chi connectivity index (χ3n) is 3.81. The largest absolute Gasteiger partial charge is 0.416 e. The van der Waals surface area contributed by atoms with Crippen LogP contribution in [0.25, 0.3) is 11.3 Å². The SMILES string of the molecule is C=CC(=O)Nc1ccc(Nc2cc(C(F)(F)F)ccn2)c(-c2ccn(C)n2)c1. The summed E-state index contributed by atoms with van der Waals surface area (Å²) in [5.74, 6) is -0.345. The molecular formula is C19H16F3N5O. The molecule has 0 aliphatic carbocycles. The number of carbonyl (C=O) groups excluding carboxylic acids is 1. The number of carbonyl (C=O) groups is 1. The number of nitrogens with one attached hydrogen (secondary N) is 2. The van der Waals surface area contributed by atoms with Gasteiger partial charge < -0.3 is 10.6 Å². The first-order valence-electron chi connectivity index (χ1n) is 8.14. The Morgan fingerprint density at radius 1 is 1.21 bits per heavy atom. The van der Waals surface area contributed by atoms with E-state index in [4.69, 9.17) is 0 Å². The molecule has 0 aliphatic rings. The standard InChI is InChI=1S/C19H16F3N5O/c1-3-18(28)24-13-4-5-15(14(11-13)16-7-9-27(2)26-16)25-17-10-12(6-8-23-17)19(20,21)22/h3-11H,1H2,2H3,(H,23,25)(H,24,28). The van der Waals surface area contributed by atoms with E-state index < -0.39 is 11.7 Å². The lowest BCUT2D eigenvalue weighted by Crippen LogP contribution is -2.08. The van der Waals surface area contributed by atoms with Crippen molar-refractivity contribution >= 4 is 23.1 Å². The number of aromatic nitrogens is 3. The molecule has 3 rings (SSSR count). The van der Waals surface area contributed by atoms with Crippen LogP contribution in [-0.2, 0) is 18.0 Å². The van der Waals surface area contributed by atoms with Crippen molar-refractivity contribution in [1.29, 1.82) is 0 Å². The molecule has 0 radical (unpaired) electrons. The zero-order chi connectivity index (χ0) is 20.3. The van der Waals surface area contributed by atoms with Gasteiger partial charge in [0.15, 0.2) is 0 Å². The van der Waals surface area contributed by atoms with E-state index in [9.17, 15) is 18.0 Å². The maximum absolute atomic E-state index is 12.9. The minimum Gasteiger partial charge on any atom is -0.340 e. The summed E-state index contributed by atoms with van der Waals surface area (Å²) in [6, 6.07) is 8.49. The van der Waals surface area contributed by atoms with Crippen LogP contribution in [-0.4, -0.2) is 20.7 Å². The van der Waals surface area contributed by atoms with Gasteiger partial charge in [0.2, 0.25) is 5.91 Å². The highest BCUT2D eigenvalue weighted by atomic mass is 19.4. The molecule has 9 heteroatoms. The highest BCUT2D eigenvalue weighted by molar-refractivity contribution is 5.99. The lowest BCUT2D eigenvalue weighted by molar-refractivity contribution is -0.137. The molecule has 2 aromatic heterocycles. The third-order valence-corrected chi connectivity index (χ3v) is 3.81. The Labute approximate surface area is 158 Å². The average molecular weight is 387 g/mol. The van der Waals surface area contributed by atoms with Gasteiger partial charge in [-0.1, -0.05) is 6.58 Å². The van der Waals surface area contributed by atoms with E-state index in [1.54, 1.807) is 42.2 Å². The van der Waals surface area contributed by atoms with E-state index in [2.05, 4.69) is 27.3 Å². The fourth-order valence-corrected chi connectivity index (χ4v) is 2.51. The molecule has 1 amide bonds. The summed E-state index contributed by atoms with van der Waals surface area (Å²) in [7, 11) is 1.74. The maximum atomic E-state index is 12.9. The zero-order valence-electron chi connectivity index (χ0n) is 14.8. The van der Waals surface area contributed by atoms with Gasteiger partial charge in [-0.2, -0.15) is 18.3 Å². The molecule has 0 spiro atoms. The van der Waals surface area contributed by atoms with E-state index in [1.165, 1.54) is 0 Å². The van der Waals surface area contributed by atoms with Crippen LogP contribution in [0.4, 0.5) is 30.4 Å². The fourth-order valence-electron chi connectivity index (χ4n) is 2.51. The smallest absolute Gasteiger partial charge is 0.340 e. The number of halogens is 3. The van der Waals surface area contributed by atoms with Gasteiger partial charge in [0, 0.05) is 36.4 Å². The van der Waals surface area contributed by atoms with Crippen LogP contribution in [0.5, 0.6) is 0 Å². The van der Waals surface area contributed by atoms with Crippen LogP contribution in [0.1, 0.15) is 5.56 Å². The van der Waals surface area contributed by atoms with Gasteiger partial charge in [-0.3, -0.25) is 9.48 Å². The minimum atomic E-state index is -4.47. The Bertz CT molecular complexity index is 1030. The molecule has 2 heterocycles. The minimum absolute atomic E-state index is 0.0369. The van der Waals surface area contributed by atoms with Crippen molar-refractivity contribution in [2.75, 3.05) is 10.6 Å². The lowest BCUT2D eigenvalue weighted by Gasteiger charge is -2.14. The summed E-state index contributed by atoms with van der Waals surface area (Å²) in [6.07, 6.45) is -0.512. The van der Waals surface area contributed by atoms with E-state index >= 15 is 0 Å². The molecule has 0 bridgehead atoms. The first-order valence-corrected chi connectivity index (χ1v) is 8.14. The number of hydrogen-bond acceptors (Lipinski definition) is 4. The first kappa shape index (κ1) is 19.2. The Morgan fingerprint density at radius 2 is 2.00 bits per heavy atom. The Morgan fingerprint density at radius 3 is 2.64 bits per heavy atom. The molecule has 28 heavy (non-hydrogen) atoms. The monoisotopic (exact) mass is 387 g/mol. The molecule has 0 unspecified atom stereocenters. The molecule has 0 aliphatic heterocycles. The zero-order valence-corrected chi connectivity index (χ0v) is 14.8. The number of rotatable bonds is 5. The second-order valence-corrected chi connectivity index (χ2v) is 5.88. The average Bonchev–Trinajstić information content (AvgIpc) is 3.08. The van der Waals surface area contributed by atoms with Crippen molar-refractivity contribution in [2.24, 2.45) is 7.05 Å². The van der Waals surface area contributed by atoms with Crippen LogP contribution in [0, 0.1) is 0 Å². The summed E-state index contributed by atoms with van der Waals surface area (Å²) >= 11 is 0. The second kappa shape index (κ2) is 7.55. The van der Waals surface area contributed by atoms with Crippen LogP contribution in [0.2, 0.25) is 0 Å². The second-order valence-electron chi connectivity index (χ2n) is 5.88. The van der Waals surface area contributed by atoms with Crippen molar-refractivity contribution in [3.8, 4) is 11.3 Å². The molecular weight excluding hydrogens is 371 g/mol. The number of amides is 1. The summed E-state index contributed by atoms with van der Waals surface area (Å²) in [5, 5.41) is 9.86. The molecule has 0 atom stereocenters. The van der Waals surface area contributed by atoms with E-state index in [0.717, 1.165) is 24.4 Å². The van der Waals surface area contributed by atoms with Crippen LogP contribution >= 0.6 is 0 Å². The van der Waals surface area contributed by atoms with Crippen molar-refractivity contribution in [2.45, 2.75) is 6.18 Å². The summed E-state index contributed by atoms with van der Waals surface area (Å²) in [6.45, 7) is 3.40. The number of pyridine rings is 1. The molecule has 0 fully saturated rings. The summed E-state index contributed by atoms with van der Waals surface area (Å²) < 4.78 is 40.4. The molecule has 0 saturated heterocycles. The van der Waals surface area contributed by atoms with Gasteiger partial charge in [0.25, 0.3) is 0 Å². The van der Waals surface area contributed by atoms with Gasteiger partial charge in [-0.25, -0.2) is 4.98 Å². The molecule has 0 saturated carbocycles. The van der Waals surface area contributed by atoms with Gasteiger partial charge in [0.1, 0.15) is 5.82 Å². The predicted molar refractivity (Wildman–Crippen MR) is 100.0 cm³/mol. The van der Waals surface area contributed by atoms with Crippen molar-refractivity contribution in [1.82, 2.24) is 14.8 Å². The van der Waals surface area contributed by atoms with Crippen molar-refractivity contribution < 1.29 is 18.0 Å². The third kappa shape index (κ3) is 4.37. The van der Waals surface area contributed by atoms with E-state index in [-0.39, 0.29) is 11.7 Å². The Hall–Kier alpha value is -3.62. The van der Waals surface area contributed by atoms with E-state index in [1.807, 2.05) is 0 Å². The van der Waals surface area contributed by atoms with Gasteiger partial charge in [0.05, 0.1) is 11.3 Å². The number of nitrogens with zero attached hydrogens (tertiary/aromatic N) is 3. The number of anilines is 3. The van der Waals surface area contributed by atoms with Gasteiger partial charge >= 0.3 is 6.18 Å². The Kier molecular flexibility index (Phi) is 5.16. The number of hydrogen-bond donors (Lipinski definition) is 2. The van der Waals surface area contributed by atoms with Crippen molar-refractivity contribution in [3.05, 3.63) is 67.0 Å². The summed E-state index contributed by atoms with van der Waals surface area (Å²) in [5.41, 5.74) is 1.34. The highest BCUT2D eigenvalue weighted by Crippen LogP contribution is 2.34. The topological polar surface area (TPSA) is 71.8 Å². The molecule has 144 valence electrons. The van der Waals surface area contributed by atoms with Crippen LogP contribution in [0.3, 0.4) is 0 Å². The number of aryl methyl sites for hydroxylation is 1. The molecule has 1 aromatic carbocycles. The fraction of sp³-hybridized carbons (Fsp3) is 0.105. The first-order chi connectivity index (χ1) is 13.3. The van der Waals surface area contributed by atoms with Crippen LogP contribution in [0.15, 0.2) is 61.4 Å². The maximum Gasteiger partial charge on any atom is 0.416 e. The van der Waals surface area contributed by atoms with Gasteiger partial charge in [-0.05, 0) is 42.5 Å². The summed E-state index contributed by atoms with van der Waals surface area (Å²) in [4.78, 5) is 15.5. The lowest BCUT2D eigenvalue weighted by atomic mass is 10.1. The quantitative estimate of drug-likeness (QED) is 0.638. The van der Waals surface area contributed by atoms with E-state index in [0.29, 0.717) is 22.6 Å². The van der Waals surface area contributed by atoms with Crippen molar-refractivity contribution in [3.63, 3.8) is 0 Å². The Balaban J connectivity index is 2.00. The highest BCUT2D eigenvalue weighted by Gasteiger charge is 2.30. The predicted octanol–water partition coefficient (Wildman–Crippen LogP) is 4.37. The van der Waals surface area contributed by atoms with Crippen LogP contribution < -0.4 is 10.6 Å². The molecule has 6 nitrogen and oxygen atoms in total. The molecule has 2 N–H and O–H groups in total. The van der Waals surface area contributed by atoms with Gasteiger partial charge in [-0.15, -0.1) is 0 Å².